The maximum absolute atomic E-state index is 13.0. The molecule has 0 aromatic heterocycles. The van der Waals surface area contributed by atoms with Crippen molar-refractivity contribution in [1.29, 1.82) is 0 Å². The average molecular weight is 355 g/mol. The van der Waals surface area contributed by atoms with E-state index in [2.05, 4.69) is 5.32 Å². The Morgan fingerprint density at radius 1 is 1.00 bits per heavy atom. The molecule has 0 spiro atoms. The quantitative estimate of drug-likeness (QED) is 0.855. The average Bonchev–Trinajstić information content (AvgIpc) is 2.77. The Labute approximate surface area is 153 Å². The van der Waals surface area contributed by atoms with Crippen LogP contribution in [0.4, 0.5) is 10.1 Å². The Morgan fingerprint density at radius 3 is 2.15 bits per heavy atom. The number of nitrogens with one attached hydrogen (secondary N) is 1. The second-order valence-corrected chi connectivity index (χ2v) is 7.62. The molecule has 6 heteroatoms. The maximum Gasteiger partial charge on any atom is 0.495 e. The molecule has 2 aromatic carbocycles. The minimum absolute atomic E-state index is 0.269. The van der Waals surface area contributed by atoms with Gasteiger partial charge in [-0.15, -0.1) is 0 Å². The van der Waals surface area contributed by atoms with E-state index >= 15 is 0 Å². The van der Waals surface area contributed by atoms with Gasteiger partial charge in [-0.2, -0.15) is 0 Å². The summed E-state index contributed by atoms with van der Waals surface area (Å²) in [6.07, 6.45) is 0. The zero-order valence-electron chi connectivity index (χ0n) is 15.7. The SMILES string of the molecule is Cc1ccc(C(=O)Nc2ccc(F)cc2)cc1B1OC(C)(C)C(C)(C)O1. The first-order valence-electron chi connectivity index (χ1n) is 8.62. The van der Waals surface area contributed by atoms with E-state index < -0.39 is 18.3 Å². The van der Waals surface area contributed by atoms with Crippen LogP contribution in [0.1, 0.15) is 43.6 Å². The molecule has 1 amide bonds. The molecule has 2 aromatic rings. The third kappa shape index (κ3) is 3.52. The third-order valence-corrected chi connectivity index (χ3v) is 5.15. The second-order valence-electron chi connectivity index (χ2n) is 7.62. The summed E-state index contributed by atoms with van der Waals surface area (Å²) in [5, 5.41) is 2.77. The molecule has 0 bridgehead atoms. The van der Waals surface area contributed by atoms with Crippen LogP contribution in [0.2, 0.25) is 0 Å². The van der Waals surface area contributed by atoms with Crippen LogP contribution in [0.5, 0.6) is 0 Å². The van der Waals surface area contributed by atoms with E-state index in [0.29, 0.717) is 11.3 Å². The van der Waals surface area contributed by atoms with Crippen LogP contribution in [0.15, 0.2) is 42.5 Å². The number of benzene rings is 2. The van der Waals surface area contributed by atoms with Gasteiger partial charge in [0.15, 0.2) is 0 Å². The molecule has 0 unspecified atom stereocenters. The predicted molar refractivity (Wildman–Crippen MR) is 101 cm³/mol. The molecule has 4 nitrogen and oxygen atoms in total. The van der Waals surface area contributed by atoms with Crippen molar-refractivity contribution in [3.8, 4) is 0 Å². The second kappa shape index (κ2) is 6.52. The molecular formula is C20H23BFNO3. The zero-order valence-corrected chi connectivity index (χ0v) is 15.7. The van der Waals surface area contributed by atoms with Gasteiger partial charge < -0.3 is 14.6 Å². The van der Waals surface area contributed by atoms with Gasteiger partial charge in [-0.3, -0.25) is 4.79 Å². The van der Waals surface area contributed by atoms with E-state index in [0.717, 1.165) is 11.0 Å². The lowest BCUT2D eigenvalue weighted by atomic mass is 9.75. The molecule has 0 radical (unpaired) electrons. The first-order chi connectivity index (χ1) is 12.1. The molecule has 3 rings (SSSR count). The van der Waals surface area contributed by atoms with Crippen LogP contribution < -0.4 is 10.8 Å². The van der Waals surface area contributed by atoms with Crippen LogP contribution in [-0.2, 0) is 9.31 Å². The first-order valence-corrected chi connectivity index (χ1v) is 8.62. The van der Waals surface area contributed by atoms with Gasteiger partial charge in [-0.05, 0) is 76.5 Å². The highest BCUT2D eigenvalue weighted by atomic mass is 19.1. The van der Waals surface area contributed by atoms with E-state index in [-0.39, 0.29) is 11.7 Å². The van der Waals surface area contributed by atoms with Crippen LogP contribution in [0.25, 0.3) is 0 Å². The van der Waals surface area contributed by atoms with Gasteiger partial charge in [0.05, 0.1) is 11.2 Å². The predicted octanol–water partition coefficient (Wildman–Crippen LogP) is 3.69. The zero-order chi connectivity index (χ0) is 19.1. The lowest BCUT2D eigenvalue weighted by Crippen LogP contribution is -2.41. The van der Waals surface area contributed by atoms with E-state index in [1.165, 1.54) is 24.3 Å². The highest BCUT2D eigenvalue weighted by Crippen LogP contribution is 2.36. The van der Waals surface area contributed by atoms with Crippen molar-refractivity contribution in [3.05, 3.63) is 59.4 Å². The van der Waals surface area contributed by atoms with Crippen LogP contribution in [0, 0.1) is 12.7 Å². The number of carbonyl (C=O) groups is 1. The molecule has 1 N–H and O–H groups in total. The van der Waals surface area contributed by atoms with Gasteiger partial charge in [0.1, 0.15) is 5.82 Å². The standard InChI is InChI=1S/C20H23BFNO3/c1-13-6-7-14(18(24)23-16-10-8-15(22)9-11-16)12-17(13)21-25-19(2,3)20(4,5)26-21/h6-12H,1-5H3,(H,23,24). The van der Waals surface area contributed by atoms with Crippen molar-refractivity contribution in [3.63, 3.8) is 0 Å². The molecule has 136 valence electrons. The Balaban J connectivity index is 1.84. The molecule has 1 saturated heterocycles. The smallest absolute Gasteiger partial charge is 0.399 e. The van der Waals surface area contributed by atoms with Gasteiger partial charge in [-0.25, -0.2) is 4.39 Å². The Hall–Kier alpha value is -2.18. The molecule has 1 heterocycles. The number of rotatable bonds is 3. The Morgan fingerprint density at radius 2 is 1.58 bits per heavy atom. The summed E-state index contributed by atoms with van der Waals surface area (Å²) in [6.45, 7) is 9.93. The largest absolute Gasteiger partial charge is 0.495 e. The topological polar surface area (TPSA) is 47.6 Å². The molecular weight excluding hydrogens is 332 g/mol. The number of halogens is 1. The molecule has 1 aliphatic heterocycles. The van der Waals surface area contributed by atoms with Crippen LogP contribution in [0.3, 0.4) is 0 Å². The third-order valence-electron chi connectivity index (χ3n) is 5.15. The Bertz CT molecular complexity index is 817. The van der Waals surface area contributed by atoms with Crippen molar-refractivity contribution in [2.24, 2.45) is 0 Å². The number of aryl methyl sites for hydroxylation is 1. The Kier molecular flexibility index (Phi) is 4.67. The van der Waals surface area contributed by atoms with Gasteiger partial charge in [-0.1, -0.05) is 11.6 Å². The van der Waals surface area contributed by atoms with Crippen molar-refractivity contribution in [2.75, 3.05) is 5.32 Å². The fourth-order valence-electron chi connectivity index (χ4n) is 2.74. The van der Waals surface area contributed by atoms with Gasteiger partial charge in [0, 0.05) is 11.3 Å². The van der Waals surface area contributed by atoms with E-state index in [9.17, 15) is 9.18 Å². The van der Waals surface area contributed by atoms with E-state index in [4.69, 9.17) is 9.31 Å². The van der Waals surface area contributed by atoms with Crippen LogP contribution >= 0.6 is 0 Å². The summed E-state index contributed by atoms with van der Waals surface area (Å²) in [7, 11) is -0.529. The molecule has 1 aliphatic rings. The first kappa shape index (κ1) is 18.6. The normalized spacial score (nSPS) is 18.0. The summed E-state index contributed by atoms with van der Waals surface area (Å²) in [4.78, 5) is 12.5. The number of hydrogen-bond acceptors (Lipinski definition) is 3. The summed E-state index contributed by atoms with van der Waals surface area (Å²) in [6, 6.07) is 11.1. The highest BCUT2D eigenvalue weighted by molar-refractivity contribution is 6.62. The van der Waals surface area contributed by atoms with Crippen molar-refractivity contribution in [1.82, 2.24) is 0 Å². The summed E-state index contributed by atoms with van der Waals surface area (Å²) < 4.78 is 25.2. The lowest BCUT2D eigenvalue weighted by Gasteiger charge is -2.32. The molecule has 0 aliphatic carbocycles. The van der Waals surface area contributed by atoms with Crippen molar-refractivity contribution < 1.29 is 18.5 Å². The number of carbonyl (C=O) groups excluding carboxylic acids is 1. The van der Waals surface area contributed by atoms with Crippen molar-refractivity contribution in [2.45, 2.75) is 45.8 Å². The molecule has 1 fully saturated rings. The molecule has 0 saturated carbocycles. The van der Waals surface area contributed by atoms with Gasteiger partial charge in [0.2, 0.25) is 0 Å². The maximum atomic E-state index is 13.0. The minimum atomic E-state index is -0.529. The fourth-order valence-corrected chi connectivity index (χ4v) is 2.74. The van der Waals surface area contributed by atoms with Gasteiger partial charge in [0.25, 0.3) is 5.91 Å². The van der Waals surface area contributed by atoms with Crippen molar-refractivity contribution >= 4 is 24.2 Å². The summed E-state index contributed by atoms with van der Waals surface area (Å²) in [5.41, 5.74) is 1.95. The fraction of sp³-hybridized carbons (Fsp3) is 0.350. The minimum Gasteiger partial charge on any atom is -0.399 e. The summed E-state index contributed by atoms with van der Waals surface area (Å²) in [5.74, 6) is -0.615. The number of anilines is 1. The lowest BCUT2D eigenvalue weighted by molar-refractivity contribution is 0.00578. The van der Waals surface area contributed by atoms with E-state index in [1.54, 1.807) is 12.1 Å². The summed E-state index contributed by atoms with van der Waals surface area (Å²) >= 11 is 0. The monoisotopic (exact) mass is 355 g/mol. The number of amides is 1. The number of hydrogen-bond donors (Lipinski definition) is 1. The molecule has 0 atom stereocenters. The van der Waals surface area contributed by atoms with Crippen LogP contribution in [-0.4, -0.2) is 24.2 Å². The highest BCUT2D eigenvalue weighted by Gasteiger charge is 2.52. The van der Waals surface area contributed by atoms with Gasteiger partial charge >= 0.3 is 7.12 Å². The van der Waals surface area contributed by atoms with E-state index in [1.807, 2.05) is 40.7 Å². The molecule has 26 heavy (non-hydrogen) atoms.